The van der Waals surface area contributed by atoms with Gasteiger partial charge in [0.1, 0.15) is 23.7 Å². The molecule has 0 amide bonds. The summed E-state index contributed by atoms with van der Waals surface area (Å²) in [4.78, 5) is 12.5. The first-order chi connectivity index (χ1) is 4.88. The van der Waals surface area contributed by atoms with E-state index in [-0.39, 0.29) is 5.48 Å². The van der Waals surface area contributed by atoms with Crippen LogP contribution in [-0.2, 0) is 0 Å². The first-order valence-corrected chi connectivity index (χ1v) is 3.22. The van der Waals surface area contributed by atoms with Gasteiger partial charge in [-0.25, -0.2) is 15.0 Å². The number of thiocarbonyl (C=S) groups is 1. The summed E-state index contributed by atoms with van der Waals surface area (Å²) in [6.45, 7) is 0.518. The van der Waals surface area contributed by atoms with Crippen LogP contribution in [0.15, 0.2) is 15.0 Å². The Kier molecular flexibility index (Phi) is 2.06. The number of fused-ring (bicyclic) bond motifs is 1. The van der Waals surface area contributed by atoms with Crippen LogP contribution < -0.4 is 5.32 Å². The average Bonchev–Trinajstić information content (AvgIpc) is 2.36. The highest BCUT2D eigenvalue weighted by Gasteiger charge is 2.19. The lowest BCUT2D eigenvalue weighted by atomic mass is 10.3. The number of rotatable bonds is 0. The zero-order valence-electron chi connectivity index (χ0n) is 5.53. The van der Waals surface area contributed by atoms with Crippen LogP contribution in [0.3, 0.4) is 0 Å². The van der Waals surface area contributed by atoms with E-state index in [0.29, 0.717) is 23.2 Å². The normalized spacial score (nSPS) is 19.5. The van der Waals surface area contributed by atoms with Gasteiger partial charge in [0.25, 0.3) is 0 Å². The van der Waals surface area contributed by atoms with Gasteiger partial charge in [0, 0.05) is 0 Å². The Morgan fingerprint density at radius 2 is 2.36 bits per heavy atom. The minimum atomic E-state index is 0. The van der Waals surface area contributed by atoms with Crippen molar-refractivity contribution in [2.75, 3.05) is 6.67 Å². The molecule has 0 radical (unpaired) electrons. The van der Waals surface area contributed by atoms with Crippen LogP contribution in [0.5, 0.6) is 0 Å². The van der Waals surface area contributed by atoms with Crippen molar-refractivity contribution in [3.63, 3.8) is 0 Å². The third-order valence-corrected chi connectivity index (χ3v) is 1.60. The summed E-state index contributed by atoms with van der Waals surface area (Å²) in [6, 6.07) is 0. The highest BCUT2D eigenvalue weighted by molar-refractivity contribution is 7.82. The molecule has 0 aromatic heterocycles. The average molecular weight is 170 g/mol. The second-order valence-electron chi connectivity index (χ2n) is 1.87. The van der Waals surface area contributed by atoms with Gasteiger partial charge in [0.15, 0.2) is 5.84 Å². The summed E-state index contributed by atoms with van der Waals surface area (Å²) < 4.78 is 0. The largest absolute Gasteiger partial charge is 0.412 e. The van der Waals surface area contributed by atoms with E-state index in [2.05, 4.69) is 20.3 Å². The summed E-state index contributed by atoms with van der Waals surface area (Å²) in [5.74, 6) is 0.656. The number of amidine groups is 1. The molecule has 0 atom stereocenters. The van der Waals surface area contributed by atoms with Crippen molar-refractivity contribution >= 4 is 35.1 Å². The molecule has 0 spiro atoms. The predicted octanol–water partition coefficient (Wildman–Crippen LogP) is -1.07. The highest BCUT2D eigenvalue weighted by Crippen LogP contribution is 1.99. The molecule has 3 N–H and O–H groups in total. The van der Waals surface area contributed by atoms with Crippen LogP contribution in [0, 0.1) is 0 Å². The lowest BCUT2D eigenvalue weighted by molar-refractivity contribution is 0.824. The van der Waals surface area contributed by atoms with Crippen molar-refractivity contribution in [1.82, 2.24) is 5.32 Å². The van der Waals surface area contributed by atoms with Crippen LogP contribution in [0.1, 0.15) is 0 Å². The molecule has 0 unspecified atom stereocenters. The van der Waals surface area contributed by atoms with Gasteiger partial charge in [0.05, 0.1) is 0 Å². The fourth-order valence-corrected chi connectivity index (χ4v) is 1.01. The molecule has 58 valence electrons. The molecule has 2 aliphatic rings. The molecule has 0 aromatic rings. The van der Waals surface area contributed by atoms with Gasteiger partial charge in [-0.1, -0.05) is 12.2 Å². The van der Waals surface area contributed by atoms with Gasteiger partial charge in [-0.15, -0.1) is 0 Å². The van der Waals surface area contributed by atoms with E-state index in [0.717, 1.165) is 0 Å². The minimum Gasteiger partial charge on any atom is -0.412 e. The molecule has 0 aliphatic carbocycles. The quantitative estimate of drug-likeness (QED) is 0.470. The van der Waals surface area contributed by atoms with Gasteiger partial charge < -0.3 is 10.8 Å². The maximum absolute atomic E-state index is 4.94. The zero-order chi connectivity index (χ0) is 6.97. The molecule has 2 aliphatic heterocycles. The van der Waals surface area contributed by atoms with Crippen LogP contribution >= 0.6 is 12.2 Å². The topological polar surface area (TPSA) is 80.6 Å². The summed E-state index contributed by atoms with van der Waals surface area (Å²) in [5, 5.41) is 2.89. The standard InChI is InChI=1S/C5H4N4S.H2O/c10-5-3-4(7-1-6-3)8-2-9-5;/h1H,2H2,(H,9,10);1H2. The van der Waals surface area contributed by atoms with E-state index < -0.39 is 0 Å². The first-order valence-electron chi connectivity index (χ1n) is 2.81. The molecule has 11 heavy (non-hydrogen) atoms. The highest BCUT2D eigenvalue weighted by atomic mass is 32.1. The number of hydrogen-bond acceptors (Lipinski definition) is 4. The molecule has 2 heterocycles. The molecule has 6 heteroatoms. The van der Waals surface area contributed by atoms with Crippen LogP contribution in [0.4, 0.5) is 0 Å². The Morgan fingerprint density at radius 1 is 1.55 bits per heavy atom. The van der Waals surface area contributed by atoms with Crippen molar-refractivity contribution < 1.29 is 5.48 Å². The monoisotopic (exact) mass is 170 g/mol. The smallest absolute Gasteiger partial charge is 0.179 e. The van der Waals surface area contributed by atoms with E-state index in [1.165, 1.54) is 6.34 Å². The Labute approximate surface area is 68.3 Å². The molecule has 0 saturated heterocycles. The summed E-state index contributed by atoms with van der Waals surface area (Å²) in [6.07, 6.45) is 1.47. The van der Waals surface area contributed by atoms with E-state index in [1.807, 2.05) is 0 Å². The van der Waals surface area contributed by atoms with Crippen molar-refractivity contribution in [2.24, 2.45) is 15.0 Å². The van der Waals surface area contributed by atoms with E-state index in [9.17, 15) is 0 Å². The van der Waals surface area contributed by atoms with E-state index >= 15 is 0 Å². The SMILES string of the molecule is O.S=C1NCN=C2N=CN=C12. The number of nitrogens with one attached hydrogen (secondary N) is 1. The van der Waals surface area contributed by atoms with Crippen LogP contribution in [0.2, 0.25) is 0 Å². The van der Waals surface area contributed by atoms with Gasteiger partial charge in [0.2, 0.25) is 0 Å². The summed E-state index contributed by atoms with van der Waals surface area (Å²) in [5.41, 5.74) is 0.696. The molecule has 5 nitrogen and oxygen atoms in total. The van der Waals surface area contributed by atoms with Crippen molar-refractivity contribution in [2.45, 2.75) is 0 Å². The fraction of sp³-hybridized carbons (Fsp3) is 0.200. The Morgan fingerprint density at radius 3 is 3.09 bits per heavy atom. The lowest BCUT2D eigenvalue weighted by Crippen LogP contribution is -2.37. The van der Waals surface area contributed by atoms with Gasteiger partial charge in [-0.05, 0) is 0 Å². The van der Waals surface area contributed by atoms with Gasteiger partial charge >= 0.3 is 0 Å². The zero-order valence-corrected chi connectivity index (χ0v) is 6.35. The molecule has 0 fully saturated rings. The van der Waals surface area contributed by atoms with Crippen LogP contribution in [-0.4, -0.2) is 35.0 Å². The Hall–Kier alpha value is -1.14. The van der Waals surface area contributed by atoms with Gasteiger partial charge in [-0.2, -0.15) is 0 Å². The van der Waals surface area contributed by atoms with Crippen molar-refractivity contribution in [1.29, 1.82) is 0 Å². The number of nitrogens with zero attached hydrogens (tertiary/aromatic N) is 3. The number of aliphatic imine (C=N–C) groups is 3. The van der Waals surface area contributed by atoms with Crippen LogP contribution in [0.25, 0.3) is 0 Å². The first kappa shape index (κ1) is 7.96. The molecule has 0 saturated carbocycles. The summed E-state index contributed by atoms with van der Waals surface area (Å²) in [7, 11) is 0. The minimum absolute atomic E-state index is 0. The third-order valence-electron chi connectivity index (χ3n) is 1.26. The van der Waals surface area contributed by atoms with Gasteiger partial charge in [-0.3, -0.25) is 0 Å². The molecular formula is C5H6N4OS. The molecule has 2 rings (SSSR count). The predicted molar refractivity (Wildman–Crippen MR) is 47.6 cm³/mol. The summed E-state index contributed by atoms with van der Waals surface area (Å²) >= 11 is 4.94. The maximum Gasteiger partial charge on any atom is 0.179 e. The Balaban J connectivity index is 0.000000605. The number of hydrogen-bond donors (Lipinski definition) is 1. The maximum atomic E-state index is 4.94. The molecule has 0 aromatic carbocycles. The molecule has 0 bridgehead atoms. The second-order valence-corrected chi connectivity index (χ2v) is 2.28. The van der Waals surface area contributed by atoms with Crippen molar-refractivity contribution in [3.8, 4) is 0 Å². The van der Waals surface area contributed by atoms with Crippen molar-refractivity contribution in [3.05, 3.63) is 0 Å². The lowest BCUT2D eigenvalue weighted by Gasteiger charge is -2.10. The molecular weight excluding hydrogens is 164 g/mol. The third kappa shape index (κ3) is 1.17. The fourth-order valence-electron chi connectivity index (χ4n) is 0.806. The Bertz CT molecular complexity index is 280. The van der Waals surface area contributed by atoms with E-state index in [1.54, 1.807) is 0 Å². The second kappa shape index (κ2) is 2.85. The van der Waals surface area contributed by atoms with E-state index in [4.69, 9.17) is 12.2 Å².